The Kier molecular flexibility index (Phi) is 6.68. The van der Waals surface area contributed by atoms with Crippen molar-refractivity contribution < 1.29 is 14.7 Å². The number of amides is 1. The second-order valence-corrected chi connectivity index (χ2v) is 5.63. The van der Waals surface area contributed by atoms with Gasteiger partial charge in [0.2, 0.25) is 5.91 Å². The van der Waals surface area contributed by atoms with Crippen LogP contribution in [0.2, 0.25) is 0 Å². The zero-order chi connectivity index (χ0) is 16.0. The minimum absolute atomic E-state index is 0.0260. The number of carbonyl (C=O) groups excluding carboxylic acids is 1. The Morgan fingerprint density at radius 3 is 2.52 bits per heavy atom. The van der Waals surface area contributed by atoms with E-state index in [4.69, 9.17) is 28.3 Å². The molecule has 0 aliphatic carbocycles. The summed E-state index contributed by atoms with van der Waals surface area (Å²) in [5.41, 5.74) is 0.157. The molecule has 0 aromatic heterocycles. The van der Waals surface area contributed by atoms with Crippen LogP contribution in [0.25, 0.3) is 0 Å². The van der Waals surface area contributed by atoms with E-state index < -0.39 is 11.9 Å². The van der Waals surface area contributed by atoms with Crippen LogP contribution < -0.4 is 5.32 Å². The molecule has 1 aromatic rings. The number of carboxylic acid groups (broad SMARTS) is 1. The fraction of sp³-hybridized carbons (Fsp3) is 0. The smallest absolute Gasteiger partial charge is 0.337 e. The van der Waals surface area contributed by atoms with Gasteiger partial charge in [0, 0.05) is 20.6 Å². The maximum atomic E-state index is 11.7. The van der Waals surface area contributed by atoms with Gasteiger partial charge in [-0.2, -0.15) is 0 Å². The Morgan fingerprint density at radius 2 is 1.95 bits per heavy atom. The lowest BCUT2D eigenvalue weighted by molar-refractivity contribution is -0.111. The molecule has 0 aliphatic heterocycles. The van der Waals surface area contributed by atoms with Gasteiger partial charge in [-0.15, -0.1) is 0 Å². The molecule has 0 saturated heterocycles. The molecule has 0 bridgehead atoms. The highest BCUT2D eigenvalue weighted by molar-refractivity contribution is 9.10. The molecule has 0 saturated carbocycles. The van der Waals surface area contributed by atoms with Crippen molar-refractivity contribution in [3.8, 4) is 0 Å². The number of anilines is 1. The number of rotatable bonds is 5. The first-order valence-corrected chi connectivity index (χ1v) is 7.08. The summed E-state index contributed by atoms with van der Waals surface area (Å²) in [6, 6.07) is 4.50. The van der Waals surface area contributed by atoms with E-state index in [0.29, 0.717) is 4.47 Å². The van der Waals surface area contributed by atoms with E-state index >= 15 is 0 Å². The number of aromatic carboxylic acids is 1. The molecule has 0 unspecified atom stereocenters. The molecule has 7 heteroatoms. The third-order valence-corrected chi connectivity index (χ3v) is 3.00. The molecule has 0 aliphatic rings. The van der Waals surface area contributed by atoms with E-state index in [1.807, 2.05) is 0 Å². The number of carbonyl (C=O) groups is 2. The Hall–Kier alpha value is -1.56. The van der Waals surface area contributed by atoms with E-state index in [9.17, 15) is 9.59 Å². The van der Waals surface area contributed by atoms with Crippen LogP contribution in [0.4, 0.5) is 5.69 Å². The van der Waals surface area contributed by atoms with Crippen LogP contribution in [0.5, 0.6) is 0 Å². The first-order chi connectivity index (χ1) is 9.79. The van der Waals surface area contributed by atoms with Gasteiger partial charge in [0.25, 0.3) is 0 Å². The average Bonchev–Trinajstić information content (AvgIpc) is 2.37. The van der Waals surface area contributed by atoms with Gasteiger partial charge in [0.05, 0.1) is 11.3 Å². The van der Waals surface area contributed by atoms with Crippen molar-refractivity contribution in [2.75, 3.05) is 5.32 Å². The molecule has 4 nitrogen and oxygen atoms in total. The van der Waals surface area contributed by atoms with E-state index in [-0.39, 0.29) is 21.3 Å². The highest BCUT2D eigenvalue weighted by atomic mass is 79.9. The van der Waals surface area contributed by atoms with Crippen molar-refractivity contribution in [3.05, 3.63) is 63.1 Å². The summed E-state index contributed by atoms with van der Waals surface area (Å²) in [6.45, 7) is 3.43. The van der Waals surface area contributed by atoms with Crippen LogP contribution >= 0.6 is 39.1 Å². The summed E-state index contributed by atoms with van der Waals surface area (Å²) in [7, 11) is 0. The largest absolute Gasteiger partial charge is 0.478 e. The molecule has 0 radical (unpaired) electrons. The van der Waals surface area contributed by atoms with Gasteiger partial charge in [-0.1, -0.05) is 45.7 Å². The van der Waals surface area contributed by atoms with Crippen molar-refractivity contribution in [1.29, 1.82) is 0 Å². The van der Waals surface area contributed by atoms with E-state index in [1.165, 1.54) is 24.3 Å². The summed E-state index contributed by atoms with van der Waals surface area (Å²) >= 11 is 14.5. The lowest BCUT2D eigenvalue weighted by Gasteiger charge is -2.06. The fourth-order valence-electron chi connectivity index (χ4n) is 1.33. The highest BCUT2D eigenvalue weighted by Gasteiger charge is 2.11. The molecule has 110 valence electrons. The Labute approximate surface area is 139 Å². The van der Waals surface area contributed by atoms with Gasteiger partial charge in [0.15, 0.2) is 0 Å². The summed E-state index contributed by atoms with van der Waals surface area (Å²) in [4.78, 5) is 22.8. The second kappa shape index (κ2) is 8.02. The quantitative estimate of drug-likeness (QED) is 0.573. The van der Waals surface area contributed by atoms with Crippen LogP contribution in [-0.4, -0.2) is 17.0 Å². The number of halogens is 3. The molecule has 0 heterocycles. The molecule has 1 amide bonds. The van der Waals surface area contributed by atoms with Gasteiger partial charge < -0.3 is 10.4 Å². The Morgan fingerprint density at radius 1 is 1.29 bits per heavy atom. The van der Waals surface area contributed by atoms with Crippen LogP contribution in [0.1, 0.15) is 10.4 Å². The Balaban J connectivity index is 2.87. The lowest BCUT2D eigenvalue weighted by Crippen LogP contribution is -2.12. The number of carboxylic acids is 1. The van der Waals surface area contributed by atoms with Gasteiger partial charge in [-0.3, -0.25) is 4.79 Å². The van der Waals surface area contributed by atoms with Crippen molar-refractivity contribution in [1.82, 2.24) is 0 Å². The van der Waals surface area contributed by atoms with Crippen LogP contribution in [-0.2, 0) is 4.79 Å². The van der Waals surface area contributed by atoms with Crippen molar-refractivity contribution in [2.45, 2.75) is 0 Å². The van der Waals surface area contributed by atoms with Crippen molar-refractivity contribution >= 4 is 56.7 Å². The zero-order valence-electron chi connectivity index (χ0n) is 10.6. The van der Waals surface area contributed by atoms with Crippen molar-refractivity contribution in [2.24, 2.45) is 0 Å². The predicted molar refractivity (Wildman–Crippen MR) is 87.8 cm³/mol. The molecule has 2 N–H and O–H groups in total. The SMILES string of the molecule is C=C(Cl)/C=C(Cl)\C=C\C(=O)Nc1ccc(Br)cc1C(=O)O. The van der Waals surface area contributed by atoms with E-state index in [1.54, 1.807) is 6.07 Å². The first-order valence-electron chi connectivity index (χ1n) is 5.53. The van der Waals surface area contributed by atoms with Crippen LogP contribution in [0.15, 0.2) is 57.5 Å². The molecule has 0 fully saturated rings. The Bertz CT molecular complexity index is 654. The number of allylic oxidation sites excluding steroid dienone is 4. The average molecular weight is 391 g/mol. The fourth-order valence-corrected chi connectivity index (χ4v) is 2.06. The van der Waals surface area contributed by atoms with Crippen molar-refractivity contribution in [3.63, 3.8) is 0 Å². The summed E-state index contributed by atoms with van der Waals surface area (Å²) in [5.74, 6) is -1.67. The monoisotopic (exact) mass is 389 g/mol. The standard InChI is InChI=1S/C14H10BrCl2NO3/c1-8(16)6-10(17)3-5-13(19)18-12-4-2-9(15)7-11(12)14(20)21/h2-7H,1H2,(H,18,19)(H,20,21)/b5-3+,10-6+. The molecular weight excluding hydrogens is 381 g/mol. The van der Waals surface area contributed by atoms with E-state index in [0.717, 1.165) is 6.08 Å². The maximum absolute atomic E-state index is 11.7. The van der Waals surface area contributed by atoms with Gasteiger partial charge in [-0.25, -0.2) is 4.79 Å². The molecule has 0 spiro atoms. The molecule has 21 heavy (non-hydrogen) atoms. The zero-order valence-corrected chi connectivity index (χ0v) is 13.7. The lowest BCUT2D eigenvalue weighted by atomic mass is 10.2. The summed E-state index contributed by atoms with van der Waals surface area (Å²) < 4.78 is 0.597. The highest BCUT2D eigenvalue weighted by Crippen LogP contribution is 2.21. The summed E-state index contributed by atoms with van der Waals surface area (Å²) in [5, 5.41) is 12.0. The third kappa shape index (κ3) is 6.16. The topological polar surface area (TPSA) is 66.4 Å². The molecule has 1 rings (SSSR count). The number of nitrogens with one attached hydrogen (secondary N) is 1. The predicted octanol–water partition coefficient (Wildman–Crippen LogP) is 4.52. The minimum Gasteiger partial charge on any atom is -0.478 e. The minimum atomic E-state index is -1.15. The number of hydrogen-bond acceptors (Lipinski definition) is 2. The third-order valence-electron chi connectivity index (χ3n) is 2.16. The maximum Gasteiger partial charge on any atom is 0.337 e. The molecular formula is C14H10BrCl2NO3. The van der Waals surface area contributed by atoms with Gasteiger partial charge in [0.1, 0.15) is 0 Å². The molecule has 0 atom stereocenters. The first kappa shape index (κ1) is 17.5. The molecule has 1 aromatic carbocycles. The normalized spacial score (nSPS) is 11.5. The van der Waals surface area contributed by atoms with Crippen LogP contribution in [0.3, 0.4) is 0 Å². The second-order valence-electron chi connectivity index (χ2n) is 3.79. The van der Waals surface area contributed by atoms with Crippen LogP contribution in [0, 0.1) is 0 Å². The van der Waals surface area contributed by atoms with E-state index in [2.05, 4.69) is 27.8 Å². The van der Waals surface area contributed by atoms with Gasteiger partial charge in [-0.05, 0) is 30.4 Å². The number of benzene rings is 1. The summed E-state index contributed by atoms with van der Waals surface area (Å²) in [6.07, 6.45) is 3.85. The van der Waals surface area contributed by atoms with Gasteiger partial charge >= 0.3 is 5.97 Å². The number of hydrogen-bond donors (Lipinski definition) is 2.